The molecule has 1 aliphatic heterocycles. The van der Waals surface area contributed by atoms with E-state index in [9.17, 15) is 4.79 Å². The lowest BCUT2D eigenvalue weighted by atomic mass is 9.98. The summed E-state index contributed by atoms with van der Waals surface area (Å²) in [6.07, 6.45) is 1.56. The number of hydrogen-bond donors (Lipinski definition) is 2. The van der Waals surface area contributed by atoms with Crippen LogP contribution in [0.1, 0.15) is 33.2 Å². The molecular weight excluding hydrogens is 268 g/mol. The van der Waals surface area contributed by atoms with Crippen molar-refractivity contribution in [3.05, 3.63) is 46.6 Å². The molecule has 0 spiro atoms. The van der Waals surface area contributed by atoms with E-state index in [4.69, 9.17) is 4.52 Å². The molecule has 21 heavy (non-hydrogen) atoms. The lowest BCUT2D eigenvalue weighted by molar-refractivity contribution is 0.0953. The van der Waals surface area contributed by atoms with Crippen LogP contribution in [0.25, 0.3) is 0 Å². The lowest BCUT2D eigenvalue weighted by Crippen LogP contribution is -2.27. The number of aryl methyl sites for hydroxylation is 1. The Morgan fingerprint density at radius 3 is 3.14 bits per heavy atom. The minimum absolute atomic E-state index is 0.0698. The second-order valence-electron chi connectivity index (χ2n) is 5.15. The van der Waals surface area contributed by atoms with E-state index < -0.39 is 0 Å². The maximum Gasteiger partial charge on any atom is 0.251 e. The maximum absolute atomic E-state index is 12.1. The highest BCUT2D eigenvalue weighted by atomic mass is 16.5. The predicted octanol–water partition coefficient (Wildman–Crippen LogP) is 0.996. The SMILES string of the molecule is Cc1noc(CCNC(=O)c2ccc3c(c2)CNCC3)n1. The van der Waals surface area contributed by atoms with E-state index in [-0.39, 0.29) is 5.91 Å². The van der Waals surface area contributed by atoms with E-state index in [1.807, 2.05) is 18.2 Å². The van der Waals surface area contributed by atoms with Crippen molar-refractivity contribution in [1.82, 2.24) is 20.8 Å². The van der Waals surface area contributed by atoms with Gasteiger partial charge in [0.15, 0.2) is 5.82 Å². The summed E-state index contributed by atoms with van der Waals surface area (Å²) in [6.45, 7) is 4.09. The van der Waals surface area contributed by atoms with E-state index in [1.54, 1.807) is 6.92 Å². The fourth-order valence-electron chi connectivity index (χ4n) is 2.45. The molecule has 2 heterocycles. The van der Waals surface area contributed by atoms with Gasteiger partial charge in [0.05, 0.1) is 0 Å². The zero-order valence-electron chi connectivity index (χ0n) is 12.0. The van der Waals surface area contributed by atoms with Crippen molar-refractivity contribution in [1.29, 1.82) is 0 Å². The Morgan fingerprint density at radius 2 is 2.33 bits per heavy atom. The average molecular weight is 286 g/mol. The predicted molar refractivity (Wildman–Crippen MR) is 76.9 cm³/mol. The average Bonchev–Trinajstić information content (AvgIpc) is 2.92. The van der Waals surface area contributed by atoms with Crippen LogP contribution in [0.2, 0.25) is 0 Å². The Balaban J connectivity index is 1.57. The van der Waals surface area contributed by atoms with Gasteiger partial charge in [-0.05, 0) is 43.1 Å². The molecule has 0 aliphatic carbocycles. The van der Waals surface area contributed by atoms with Gasteiger partial charge in [-0.1, -0.05) is 11.2 Å². The summed E-state index contributed by atoms with van der Waals surface area (Å²) in [7, 11) is 0. The zero-order valence-corrected chi connectivity index (χ0v) is 12.0. The number of carbonyl (C=O) groups excluding carboxylic acids is 1. The molecule has 1 aromatic carbocycles. The molecule has 0 bridgehead atoms. The van der Waals surface area contributed by atoms with Crippen molar-refractivity contribution in [2.45, 2.75) is 26.3 Å². The highest BCUT2D eigenvalue weighted by Gasteiger charge is 2.12. The number of aromatic nitrogens is 2. The normalized spacial score (nSPS) is 13.8. The molecule has 0 saturated carbocycles. The van der Waals surface area contributed by atoms with Crippen LogP contribution in [-0.2, 0) is 19.4 Å². The summed E-state index contributed by atoms with van der Waals surface area (Å²) in [5, 5.41) is 9.91. The smallest absolute Gasteiger partial charge is 0.251 e. The fraction of sp³-hybridized carbons (Fsp3) is 0.400. The second kappa shape index (κ2) is 6.05. The highest BCUT2D eigenvalue weighted by Crippen LogP contribution is 2.15. The number of carbonyl (C=O) groups is 1. The molecule has 0 unspecified atom stereocenters. The zero-order chi connectivity index (χ0) is 14.7. The molecule has 6 nitrogen and oxygen atoms in total. The first-order valence-electron chi connectivity index (χ1n) is 7.12. The van der Waals surface area contributed by atoms with Crippen LogP contribution in [0, 0.1) is 6.92 Å². The second-order valence-corrected chi connectivity index (χ2v) is 5.15. The summed E-state index contributed by atoms with van der Waals surface area (Å²) in [4.78, 5) is 16.2. The fourth-order valence-corrected chi connectivity index (χ4v) is 2.45. The minimum atomic E-state index is -0.0698. The molecule has 1 aromatic heterocycles. The molecule has 2 aromatic rings. The van der Waals surface area contributed by atoms with Gasteiger partial charge < -0.3 is 15.2 Å². The Morgan fingerprint density at radius 1 is 1.43 bits per heavy atom. The molecule has 1 amide bonds. The summed E-state index contributed by atoms with van der Waals surface area (Å²) in [5.74, 6) is 1.08. The van der Waals surface area contributed by atoms with E-state index in [0.29, 0.717) is 30.2 Å². The van der Waals surface area contributed by atoms with Crippen molar-refractivity contribution in [3.8, 4) is 0 Å². The number of benzene rings is 1. The Kier molecular flexibility index (Phi) is 3.96. The van der Waals surface area contributed by atoms with Crippen molar-refractivity contribution in [2.24, 2.45) is 0 Å². The molecule has 2 N–H and O–H groups in total. The molecule has 1 aliphatic rings. The van der Waals surface area contributed by atoms with E-state index >= 15 is 0 Å². The van der Waals surface area contributed by atoms with Crippen LogP contribution < -0.4 is 10.6 Å². The first kappa shape index (κ1) is 13.8. The molecule has 6 heteroatoms. The summed E-state index contributed by atoms with van der Waals surface area (Å²) >= 11 is 0. The number of fused-ring (bicyclic) bond motifs is 1. The van der Waals surface area contributed by atoms with Crippen molar-refractivity contribution in [3.63, 3.8) is 0 Å². The summed E-state index contributed by atoms with van der Waals surface area (Å²) in [5.41, 5.74) is 3.23. The van der Waals surface area contributed by atoms with E-state index in [2.05, 4.69) is 20.8 Å². The largest absolute Gasteiger partial charge is 0.352 e. The molecule has 3 rings (SSSR count). The Labute approximate surface area is 122 Å². The summed E-state index contributed by atoms with van der Waals surface area (Å²) in [6, 6.07) is 5.90. The number of nitrogens with one attached hydrogen (secondary N) is 2. The van der Waals surface area contributed by atoms with Gasteiger partial charge >= 0.3 is 0 Å². The standard InChI is InChI=1S/C15H18N4O2/c1-10-18-14(21-19-10)5-7-17-15(20)12-3-2-11-4-6-16-9-13(11)8-12/h2-3,8,16H,4-7,9H2,1H3,(H,17,20). The van der Waals surface area contributed by atoms with Crippen LogP contribution in [0.4, 0.5) is 0 Å². The Bertz CT molecular complexity index is 651. The number of nitrogens with zero attached hydrogens (tertiary/aromatic N) is 2. The van der Waals surface area contributed by atoms with Gasteiger partial charge in [-0.25, -0.2) is 0 Å². The van der Waals surface area contributed by atoms with Crippen molar-refractivity contribution in [2.75, 3.05) is 13.1 Å². The van der Waals surface area contributed by atoms with E-state index in [1.165, 1.54) is 11.1 Å². The third-order valence-corrected chi connectivity index (χ3v) is 3.55. The van der Waals surface area contributed by atoms with Gasteiger partial charge in [0.2, 0.25) is 5.89 Å². The highest BCUT2D eigenvalue weighted by molar-refractivity contribution is 5.94. The maximum atomic E-state index is 12.1. The van der Waals surface area contributed by atoms with Crippen LogP contribution in [-0.4, -0.2) is 29.1 Å². The van der Waals surface area contributed by atoms with Crippen LogP contribution in [0.3, 0.4) is 0 Å². The topological polar surface area (TPSA) is 80.0 Å². The first-order valence-corrected chi connectivity index (χ1v) is 7.12. The quantitative estimate of drug-likeness (QED) is 0.876. The van der Waals surface area contributed by atoms with Gasteiger partial charge in [-0.15, -0.1) is 0 Å². The van der Waals surface area contributed by atoms with Gasteiger partial charge in [-0.3, -0.25) is 4.79 Å². The summed E-state index contributed by atoms with van der Waals surface area (Å²) < 4.78 is 5.01. The molecule has 110 valence electrons. The van der Waals surface area contributed by atoms with Crippen LogP contribution in [0.15, 0.2) is 22.7 Å². The lowest BCUT2D eigenvalue weighted by Gasteiger charge is -2.17. The van der Waals surface area contributed by atoms with Gasteiger partial charge in [-0.2, -0.15) is 4.98 Å². The molecular formula is C15H18N4O2. The number of rotatable bonds is 4. The van der Waals surface area contributed by atoms with Crippen molar-refractivity contribution >= 4 is 5.91 Å². The van der Waals surface area contributed by atoms with Crippen LogP contribution >= 0.6 is 0 Å². The monoisotopic (exact) mass is 286 g/mol. The molecule has 0 fully saturated rings. The van der Waals surface area contributed by atoms with Gasteiger partial charge in [0, 0.05) is 25.1 Å². The van der Waals surface area contributed by atoms with E-state index in [0.717, 1.165) is 19.5 Å². The third-order valence-electron chi connectivity index (χ3n) is 3.55. The minimum Gasteiger partial charge on any atom is -0.352 e. The number of amides is 1. The molecule has 0 atom stereocenters. The van der Waals surface area contributed by atoms with Crippen LogP contribution in [0.5, 0.6) is 0 Å². The first-order chi connectivity index (χ1) is 10.2. The van der Waals surface area contributed by atoms with Gasteiger partial charge in [0.1, 0.15) is 0 Å². The Hall–Kier alpha value is -2.21. The third kappa shape index (κ3) is 3.28. The molecule has 0 radical (unpaired) electrons. The van der Waals surface area contributed by atoms with Gasteiger partial charge in [0.25, 0.3) is 5.91 Å². The molecule has 0 saturated heterocycles. The van der Waals surface area contributed by atoms with Crippen molar-refractivity contribution < 1.29 is 9.32 Å². The number of hydrogen-bond acceptors (Lipinski definition) is 5.